The summed E-state index contributed by atoms with van der Waals surface area (Å²) in [5, 5.41) is 3.31. The van der Waals surface area contributed by atoms with Gasteiger partial charge in [0.05, 0.1) is 11.0 Å². The van der Waals surface area contributed by atoms with E-state index in [0.717, 1.165) is 35.9 Å². The molecule has 0 spiro atoms. The van der Waals surface area contributed by atoms with Gasteiger partial charge in [-0.05, 0) is 78.6 Å². The van der Waals surface area contributed by atoms with E-state index in [2.05, 4.69) is 35.4 Å². The first-order valence-electron chi connectivity index (χ1n) is 12.3. The molecular formula is C28H33F3N4O2. The van der Waals surface area contributed by atoms with E-state index in [9.17, 15) is 18.0 Å². The second-order valence-corrected chi connectivity index (χ2v) is 10.9. The zero-order valence-electron chi connectivity index (χ0n) is 21.8. The highest BCUT2D eigenvalue weighted by Gasteiger charge is 2.35. The quantitative estimate of drug-likeness (QED) is 0.355. The van der Waals surface area contributed by atoms with Crippen LogP contribution in [0.3, 0.4) is 0 Å². The number of nitrogens with one attached hydrogen (secondary N) is 1. The van der Waals surface area contributed by atoms with Gasteiger partial charge in [-0.25, -0.2) is 4.98 Å². The van der Waals surface area contributed by atoms with Crippen LogP contribution in [0.15, 0.2) is 48.5 Å². The largest absolute Gasteiger partial charge is 0.573 e. The molecule has 0 saturated heterocycles. The topological polar surface area (TPSA) is 59.4 Å². The van der Waals surface area contributed by atoms with Crippen molar-refractivity contribution in [2.45, 2.75) is 52.4 Å². The van der Waals surface area contributed by atoms with Crippen molar-refractivity contribution < 1.29 is 22.7 Å². The lowest BCUT2D eigenvalue weighted by atomic mass is 9.70. The highest BCUT2D eigenvalue weighted by molar-refractivity contribution is 5.92. The van der Waals surface area contributed by atoms with Gasteiger partial charge in [-0.2, -0.15) is 0 Å². The molecule has 1 fully saturated rings. The molecule has 0 radical (unpaired) electrons. The predicted octanol–water partition coefficient (Wildman–Crippen LogP) is 7.17. The molecule has 1 saturated carbocycles. The molecule has 0 bridgehead atoms. The average molecular weight is 515 g/mol. The zero-order chi connectivity index (χ0) is 27.0. The minimum absolute atomic E-state index is 0.107. The number of ether oxygens (including phenoxy) is 1. The minimum Gasteiger partial charge on any atom is -0.406 e. The van der Waals surface area contributed by atoms with E-state index >= 15 is 0 Å². The molecule has 198 valence electrons. The maximum atomic E-state index is 12.6. The Bertz CT molecular complexity index is 1290. The number of carbonyl (C=O) groups is 1. The van der Waals surface area contributed by atoms with Crippen LogP contribution in [0.1, 0.15) is 51.6 Å². The summed E-state index contributed by atoms with van der Waals surface area (Å²) >= 11 is 0. The first-order valence-corrected chi connectivity index (χ1v) is 12.3. The van der Waals surface area contributed by atoms with Gasteiger partial charge in [-0.3, -0.25) is 4.79 Å². The lowest BCUT2D eigenvalue weighted by Crippen LogP contribution is -2.29. The van der Waals surface area contributed by atoms with E-state index in [1.54, 1.807) is 32.3 Å². The first kappa shape index (κ1) is 26.6. The van der Waals surface area contributed by atoms with Gasteiger partial charge in [0.25, 0.3) is 0 Å². The third-order valence-electron chi connectivity index (χ3n) is 6.65. The Morgan fingerprint density at radius 1 is 1.16 bits per heavy atom. The molecule has 0 unspecified atom stereocenters. The van der Waals surface area contributed by atoms with E-state index in [-0.39, 0.29) is 23.1 Å². The van der Waals surface area contributed by atoms with E-state index in [0.29, 0.717) is 17.6 Å². The van der Waals surface area contributed by atoms with Crippen LogP contribution in [0, 0.1) is 11.3 Å². The van der Waals surface area contributed by atoms with Crippen molar-refractivity contribution in [3.05, 3.63) is 54.1 Å². The number of nitrogens with zero attached hydrogens (tertiary/aromatic N) is 3. The number of imidazole rings is 1. The van der Waals surface area contributed by atoms with Crippen LogP contribution in [0.25, 0.3) is 17.1 Å². The summed E-state index contributed by atoms with van der Waals surface area (Å²) in [4.78, 5) is 18.4. The lowest BCUT2D eigenvalue weighted by Gasteiger charge is -2.40. The van der Waals surface area contributed by atoms with Gasteiger partial charge in [0.2, 0.25) is 11.9 Å². The van der Waals surface area contributed by atoms with Crippen molar-refractivity contribution >= 4 is 34.7 Å². The molecule has 1 N–H and O–H groups in total. The highest BCUT2D eigenvalue weighted by atomic mass is 19.4. The number of halogens is 3. The molecular weight excluding hydrogens is 481 g/mol. The molecule has 37 heavy (non-hydrogen) atoms. The number of likely N-dealkylation sites (N-methyl/N-ethyl adjacent to an activating group) is 1. The third kappa shape index (κ3) is 6.64. The summed E-state index contributed by atoms with van der Waals surface area (Å²) < 4.78 is 43.9. The molecule has 9 heteroatoms. The molecule has 1 amide bonds. The maximum absolute atomic E-state index is 12.6. The molecule has 0 aliphatic heterocycles. The maximum Gasteiger partial charge on any atom is 0.573 e. The lowest BCUT2D eigenvalue weighted by molar-refractivity contribution is -0.274. The van der Waals surface area contributed by atoms with Gasteiger partial charge in [-0.1, -0.05) is 26.8 Å². The molecule has 1 heterocycles. The summed E-state index contributed by atoms with van der Waals surface area (Å²) in [6.45, 7) is 6.84. The summed E-state index contributed by atoms with van der Waals surface area (Å²) in [7, 11) is 3.40. The molecule has 3 aromatic rings. The molecule has 4 rings (SSSR count). The Balaban J connectivity index is 1.71. The van der Waals surface area contributed by atoms with Gasteiger partial charge in [0, 0.05) is 31.9 Å². The number of alkyl halides is 3. The number of benzene rings is 2. The number of fused-ring (bicyclic) bond motifs is 1. The number of amides is 1. The SMILES string of the molecule is C[C@H]1C[C@@H](n2c(Nc3ccc(OC(F)(F)F)cc3)nc3cc(/C=C/C(=O)N(C)C)ccc32)CC(C)(C)C1. The van der Waals surface area contributed by atoms with Gasteiger partial charge < -0.3 is 19.5 Å². The van der Waals surface area contributed by atoms with Crippen molar-refractivity contribution in [2.75, 3.05) is 19.4 Å². The number of aromatic nitrogens is 2. The van der Waals surface area contributed by atoms with Crippen molar-refractivity contribution in [1.82, 2.24) is 14.5 Å². The van der Waals surface area contributed by atoms with Crippen LogP contribution < -0.4 is 10.1 Å². The zero-order valence-corrected chi connectivity index (χ0v) is 21.8. The molecule has 1 aliphatic rings. The number of carbonyl (C=O) groups excluding carboxylic acids is 1. The number of rotatable bonds is 6. The summed E-state index contributed by atoms with van der Waals surface area (Å²) in [5.41, 5.74) is 3.36. The number of anilines is 2. The van der Waals surface area contributed by atoms with Gasteiger partial charge >= 0.3 is 6.36 Å². The standard InChI is InChI=1S/C28H33F3N4O2/c1-18-14-21(17-27(2,3)16-18)35-24-12-6-19(7-13-25(36)34(4)5)15-23(24)33-26(35)32-20-8-10-22(11-9-20)37-28(29,30)31/h6-13,15,18,21H,14,16-17H2,1-5H3,(H,32,33)/b13-7+/t18-,21+/m0/s1. The summed E-state index contributed by atoms with van der Waals surface area (Å²) in [6, 6.07) is 11.8. The smallest absolute Gasteiger partial charge is 0.406 e. The van der Waals surface area contributed by atoms with Crippen molar-refractivity contribution in [3.8, 4) is 5.75 Å². The Hall–Kier alpha value is -3.49. The fourth-order valence-electron chi connectivity index (χ4n) is 5.36. The first-order chi connectivity index (χ1) is 17.3. The number of hydrogen-bond acceptors (Lipinski definition) is 4. The third-order valence-corrected chi connectivity index (χ3v) is 6.65. The van der Waals surface area contributed by atoms with Crippen LogP contribution in [-0.4, -0.2) is 40.8 Å². The van der Waals surface area contributed by atoms with Crippen LogP contribution in [0.4, 0.5) is 24.8 Å². The highest BCUT2D eigenvalue weighted by Crippen LogP contribution is 2.46. The van der Waals surface area contributed by atoms with Crippen LogP contribution >= 0.6 is 0 Å². The predicted molar refractivity (Wildman–Crippen MR) is 140 cm³/mol. The Kier molecular flexibility index (Phi) is 7.26. The number of hydrogen-bond donors (Lipinski definition) is 1. The second-order valence-electron chi connectivity index (χ2n) is 10.9. The van der Waals surface area contributed by atoms with Gasteiger partial charge in [0.15, 0.2) is 0 Å². The van der Waals surface area contributed by atoms with E-state index < -0.39 is 6.36 Å². The Morgan fingerprint density at radius 3 is 2.49 bits per heavy atom. The van der Waals surface area contributed by atoms with Crippen LogP contribution in [0.2, 0.25) is 0 Å². The Labute approximate surface area is 215 Å². The van der Waals surface area contributed by atoms with E-state index in [1.165, 1.54) is 23.1 Å². The van der Waals surface area contributed by atoms with Crippen molar-refractivity contribution in [3.63, 3.8) is 0 Å². The molecule has 2 aromatic carbocycles. The fourth-order valence-corrected chi connectivity index (χ4v) is 5.36. The summed E-state index contributed by atoms with van der Waals surface area (Å²) in [6.07, 6.45) is 1.67. The molecule has 1 aromatic heterocycles. The van der Waals surface area contributed by atoms with Gasteiger partial charge in [-0.15, -0.1) is 13.2 Å². The van der Waals surface area contributed by atoms with E-state index in [4.69, 9.17) is 4.98 Å². The normalized spacial score (nSPS) is 19.8. The molecule has 6 nitrogen and oxygen atoms in total. The second kappa shape index (κ2) is 10.1. The molecule has 2 atom stereocenters. The van der Waals surface area contributed by atoms with Crippen molar-refractivity contribution in [2.24, 2.45) is 11.3 Å². The summed E-state index contributed by atoms with van der Waals surface area (Å²) in [5.74, 6) is 0.777. The fraction of sp³-hybridized carbons (Fsp3) is 0.429. The van der Waals surface area contributed by atoms with Gasteiger partial charge in [0.1, 0.15) is 5.75 Å². The Morgan fingerprint density at radius 2 is 1.86 bits per heavy atom. The monoisotopic (exact) mass is 514 g/mol. The van der Waals surface area contributed by atoms with E-state index in [1.807, 2.05) is 18.2 Å². The van der Waals surface area contributed by atoms with Crippen molar-refractivity contribution in [1.29, 1.82) is 0 Å². The minimum atomic E-state index is -4.74. The van der Waals surface area contributed by atoms with Crippen LogP contribution in [0.5, 0.6) is 5.75 Å². The van der Waals surface area contributed by atoms with Crippen LogP contribution in [-0.2, 0) is 4.79 Å². The molecule has 1 aliphatic carbocycles. The average Bonchev–Trinajstić information content (AvgIpc) is 3.13.